The van der Waals surface area contributed by atoms with Gasteiger partial charge in [-0.3, -0.25) is 0 Å². The molecule has 6 nitrogen and oxygen atoms in total. The summed E-state index contributed by atoms with van der Waals surface area (Å²) in [5.74, 6) is 0.571. The Hall–Kier alpha value is -2.99. The molecule has 1 saturated carbocycles. The van der Waals surface area contributed by atoms with Crippen molar-refractivity contribution in [3.8, 4) is 23.0 Å². The smallest absolute Gasteiger partial charge is 0.336 e. The van der Waals surface area contributed by atoms with Crippen LogP contribution < -0.4 is 14.2 Å². The lowest BCUT2D eigenvalue weighted by molar-refractivity contribution is -0.128. The molecule has 2 aromatic rings. The van der Waals surface area contributed by atoms with Gasteiger partial charge in [-0.1, -0.05) is 19.9 Å². The highest BCUT2D eigenvalue weighted by molar-refractivity contribution is 5.88. The first kappa shape index (κ1) is 20.7. The number of carbonyl (C=O) groups is 1. The first-order valence-corrected chi connectivity index (χ1v) is 9.42. The highest BCUT2D eigenvalue weighted by Gasteiger charge is 2.42. The molecule has 1 aliphatic heterocycles. The fourth-order valence-corrected chi connectivity index (χ4v) is 3.58. The number of hydrogen-bond donors (Lipinski definition) is 2. The van der Waals surface area contributed by atoms with Gasteiger partial charge in [-0.25, -0.2) is 4.79 Å². The van der Waals surface area contributed by atoms with E-state index in [1.54, 1.807) is 36.4 Å². The molecule has 1 heterocycles. The van der Waals surface area contributed by atoms with E-state index in [2.05, 4.69) is 0 Å². The van der Waals surface area contributed by atoms with E-state index in [1.807, 2.05) is 0 Å². The van der Waals surface area contributed by atoms with Crippen LogP contribution in [0.2, 0.25) is 0 Å². The molecule has 1 spiro atoms. The molecule has 0 aromatic heterocycles. The number of carbonyl (C=O) groups excluding carboxylic acids is 1. The minimum atomic E-state index is -0.563. The summed E-state index contributed by atoms with van der Waals surface area (Å²) < 4.78 is 17.4. The zero-order chi connectivity index (χ0) is 19.6. The van der Waals surface area contributed by atoms with Gasteiger partial charge in [-0.05, 0) is 48.7 Å². The van der Waals surface area contributed by atoms with Crippen molar-refractivity contribution < 1.29 is 29.2 Å². The minimum absolute atomic E-state index is 0. The third kappa shape index (κ3) is 4.54. The van der Waals surface area contributed by atoms with Crippen LogP contribution in [0, 0.1) is 0 Å². The summed E-state index contributed by atoms with van der Waals surface area (Å²) in [4.78, 5) is 12.1. The molecular weight excluding hydrogens is 372 g/mol. The predicted molar refractivity (Wildman–Crippen MR) is 109 cm³/mol. The molecule has 0 unspecified atom stereocenters. The van der Waals surface area contributed by atoms with Gasteiger partial charge in [0.15, 0.2) is 11.5 Å². The van der Waals surface area contributed by atoms with E-state index in [0.717, 1.165) is 25.7 Å². The Kier molecular flexibility index (Phi) is 6.13. The van der Waals surface area contributed by atoms with E-state index in [4.69, 9.17) is 14.2 Å². The zero-order valence-electron chi connectivity index (χ0n) is 15.4. The van der Waals surface area contributed by atoms with Crippen molar-refractivity contribution in [1.29, 1.82) is 0 Å². The lowest BCUT2D eigenvalue weighted by atomic mass is 9.94. The number of aliphatic hydroxyl groups is 1. The summed E-state index contributed by atoms with van der Waals surface area (Å²) >= 11 is 0. The molecule has 0 bridgehead atoms. The van der Waals surface area contributed by atoms with E-state index in [0.29, 0.717) is 28.4 Å². The molecule has 6 heteroatoms. The Morgan fingerprint density at radius 3 is 2.59 bits per heavy atom. The normalized spacial score (nSPS) is 16.6. The van der Waals surface area contributed by atoms with Crippen molar-refractivity contribution in [3.63, 3.8) is 0 Å². The quantitative estimate of drug-likeness (QED) is 0.446. The standard InChI is InChI=1S/C22H22O6.CH4/c23-14-16-12-15(4-7-18(16)24)5-9-21(25)26-17-6-8-19-20(13-17)28-22(27-19)10-2-1-3-11-22;/h4-9,12-13,23-24H,1-3,10-11,14H2;1H4/b9-5+;. The van der Waals surface area contributed by atoms with Gasteiger partial charge < -0.3 is 24.4 Å². The number of aromatic hydroxyl groups is 1. The molecule has 4 rings (SSSR count). The van der Waals surface area contributed by atoms with Crippen molar-refractivity contribution in [3.05, 3.63) is 53.6 Å². The molecule has 154 valence electrons. The van der Waals surface area contributed by atoms with Crippen LogP contribution in [0.15, 0.2) is 42.5 Å². The van der Waals surface area contributed by atoms with Crippen LogP contribution in [-0.2, 0) is 11.4 Å². The van der Waals surface area contributed by atoms with Gasteiger partial charge in [-0.2, -0.15) is 0 Å². The van der Waals surface area contributed by atoms with E-state index < -0.39 is 11.8 Å². The molecule has 1 fully saturated rings. The van der Waals surface area contributed by atoms with Crippen molar-refractivity contribution in [2.24, 2.45) is 0 Å². The first-order valence-electron chi connectivity index (χ1n) is 9.42. The molecule has 2 aliphatic rings. The summed E-state index contributed by atoms with van der Waals surface area (Å²) in [6.07, 6.45) is 7.93. The SMILES string of the molecule is C.O=C(/C=C/c1ccc(O)c(CO)c1)Oc1ccc2c(c1)OC1(CCCCC1)O2. The maximum Gasteiger partial charge on any atom is 0.336 e. The second-order valence-electron chi connectivity index (χ2n) is 7.08. The van der Waals surface area contributed by atoms with Crippen LogP contribution in [0.5, 0.6) is 23.0 Å². The number of aliphatic hydroxyl groups excluding tert-OH is 1. The molecule has 2 aromatic carbocycles. The average molecular weight is 398 g/mol. The van der Waals surface area contributed by atoms with Gasteiger partial charge >= 0.3 is 5.97 Å². The van der Waals surface area contributed by atoms with Crippen LogP contribution >= 0.6 is 0 Å². The van der Waals surface area contributed by atoms with Gasteiger partial charge in [0.1, 0.15) is 11.5 Å². The largest absolute Gasteiger partial charge is 0.508 e. The van der Waals surface area contributed by atoms with Gasteiger partial charge in [0.2, 0.25) is 0 Å². The van der Waals surface area contributed by atoms with Crippen LogP contribution in [0.25, 0.3) is 6.08 Å². The van der Waals surface area contributed by atoms with E-state index in [-0.39, 0.29) is 19.8 Å². The number of phenols is 1. The van der Waals surface area contributed by atoms with Crippen LogP contribution in [0.3, 0.4) is 0 Å². The summed E-state index contributed by atoms with van der Waals surface area (Å²) in [6, 6.07) is 9.83. The van der Waals surface area contributed by atoms with Crippen molar-refractivity contribution in [1.82, 2.24) is 0 Å². The fourth-order valence-electron chi connectivity index (χ4n) is 3.58. The third-order valence-corrected chi connectivity index (χ3v) is 5.03. The highest BCUT2D eigenvalue weighted by atomic mass is 16.7. The summed E-state index contributed by atoms with van der Waals surface area (Å²) in [7, 11) is 0. The molecule has 0 amide bonds. The van der Waals surface area contributed by atoms with Crippen LogP contribution in [-0.4, -0.2) is 22.0 Å². The van der Waals surface area contributed by atoms with Gasteiger partial charge in [-0.15, -0.1) is 0 Å². The Balaban J connectivity index is 0.00000240. The van der Waals surface area contributed by atoms with E-state index in [9.17, 15) is 15.0 Å². The van der Waals surface area contributed by atoms with Crippen molar-refractivity contribution >= 4 is 12.0 Å². The molecule has 1 aliphatic carbocycles. The van der Waals surface area contributed by atoms with Crippen LogP contribution in [0.1, 0.15) is 50.7 Å². The maximum absolute atomic E-state index is 12.1. The Bertz CT molecular complexity index is 912. The maximum atomic E-state index is 12.1. The van der Waals surface area contributed by atoms with Gasteiger partial charge in [0, 0.05) is 30.5 Å². The monoisotopic (exact) mass is 398 g/mol. The second-order valence-corrected chi connectivity index (χ2v) is 7.08. The van der Waals surface area contributed by atoms with Crippen LogP contribution in [0.4, 0.5) is 0 Å². The number of ether oxygens (including phenoxy) is 3. The van der Waals surface area contributed by atoms with Crippen molar-refractivity contribution in [2.75, 3.05) is 0 Å². The second kappa shape index (κ2) is 8.57. The summed E-state index contributed by atoms with van der Waals surface area (Å²) in [5, 5.41) is 18.8. The Labute approximate surface area is 170 Å². The molecule has 29 heavy (non-hydrogen) atoms. The third-order valence-electron chi connectivity index (χ3n) is 5.03. The molecular formula is C23H26O6. The summed E-state index contributed by atoms with van der Waals surface area (Å²) in [5.41, 5.74) is 1.06. The molecule has 0 saturated heterocycles. The Morgan fingerprint density at radius 1 is 1.07 bits per heavy atom. The van der Waals surface area contributed by atoms with E-state index in [1.165, 1.54) is 18.6 Å². The fraction of sp³-hybridized carbons (Fsp3) is 0.348. The van der Waals surface area contributed by atoms with E-state index >= 15 is 0 Å². The number of esters is 1. The number of rotatable bonds is 4. The number of benzene rings is 2. The van der Waals surface area contributed by atoms with Gasteiger partial charge in [0.25, 0.3) is 5.79 Å². The molecule has 0 radical (unpaired) electrons. The lowest BCUT2D eigenvalue weighted by Crippen LogP contribution is -2.40. The van der Waals surface area contributed by atoms with Gasteiger partial charge in [0.05, 0.1) is 6.61 Å². The average Bonchev–Trinajstić information content (AvgIpc) is 3.04. The topological polar surface area (TPSA) is 85.2 Å². The van der Waals surface area contributed by atoms with Crippen molar-refractivity contribution in [2.45, 2.75) is 51.9 Å². The lowest BCUT2D eigenvalue weighted by Gasteiger charge is -2.31. The molecule has 0 atom stereocenters. The number of fused-ring (bicyclic) bond motifs is 1. The number of hydrogen-bond acceptors (Lipinski definition) is 6. The zero-order valence-corrected chi connectivity index (χ0v) is 15.4. The minimum Gasteiger partial charge on any atom is -0.508 e. The summed E-state index contributed by atoms with van der Waals surface area (Å²) in [6.45, 7) is -0.281. The molecule has 2 N–H and O–H groups in total. The predicted octanol–water partition coefficient (Wildman–Crippen LogP) is 4.57. The Morgan fingerprint density at radius 2 is 1.83 bits per heavy atom. The highest BCUT2D eigenvalue weighted by Crippen LogP contribution is 2.46. The first-order chi connectivity index (χ1) is 13.6.